The van der Waals surface area contributed by atoms with E-state index in [2.05, 4.69) is 57.6 Å². The Morgan fingerprint density at radius 1 is 1.24 bits per heavy atom. The smallest absolute Gasteiger partial charge is 0.0778 e. The first-order valence-electron chi connectivity index (χ1n) is 5.43. The summed E-state index contributed by atoms with van der Waals surface area (Å²) in [6.45, 7) is 6.28. The fourth-order valence-electron chi connectivity index (χ4n) is 1.37. The molecule has 1 rings (SSSR count). The minimum Gasteiger partial charge on any atom is -0.394 e. The lowest BCUT2D eigenvalue weighted by Gasteiger charge is -2.25. The zero-order chi connectivity index (χ0) is 13.1. The second-order valence-electron chi connectivity index (χ2n) is 5.05. The second-order valence-corrected chi connectivity index (χ2v) is 6.88. The first kappa shape index (κ1) is 14.9. The Morgan fingerprint density at radius 2 is 1.76 bits per heavy atom. The van der Waals surface area contributed by atoms with Gasteiger partial charge >= 0.3 is 0 Å². The molecule has 0 heterocycles. The minimum absolute atomic E-state index is 0.0332. The monoisotopic (exact) mass is 361 g/mol. The molecule has 0 radical (unpaired) electrons. The molecule has 0 fully saturated rings. The Labute approximate surface area is 119 Å². The summed E-state index contributed by atoms with van der Waals surface area (Å²) in [7, 11) is 0. The Morgan fingerprint density at radius 3 is 2.18 bits per heavy atom. The Hall–Kier alpha value is -0.190. The van der Waals surface area contributed by atoms with Crippen molar-refractivity contribution in [2.24, 2.45) is 10.4 Å². The van der Waals surface area contributed by atoms with Crippen LogP contribution in [0.5, 0.6) is 0 Å². The molecule has 17 heavy (non-hydrogen) atoms. The van der Waals surface area contributed by atoms with Gasteiger partial charge in [-0.25, -0.2) is 0 Å². The van der Waals surface area contributed by atoms with Gasteiger partial charge in [-0.2, -0.15) is 0 Å². The van der Waals surface area contributed by atoms with E-state index >= 15 is 0 Å². The normalized spacial score (nSPS) is 14.2. The highest BCUT2D eigenvalue weighted by atomic mass is 79.9. The third-order valence-corrected chi connectivity index (χ3v) is 3.38. The van der Waals surface area contributed by atoms with Gasteiger partial charge in [-0.05, 0) is 29.2 Å². The van der Waals surface area contributed by atoms with E-state index in [1.54, 1.807) is 0 Å². The largest absolute Gasteiger partial charge is 0.394 e. The number of hydrogen-bond donors (Lipinski definition) is 1. The highest BCUT2D eigenvalue weighted by Gasteiger charge is 2.22. The molecule has 1 N–H and O–H groups in total. The lowest BCUT2D eigenvalue weighted by Crippen LogP contribution is -2.28. The summed E-state index contributed by atoms with van der Waals surface area (Å²) < 4.78 is 2.01. The summed E-state index contributed by atoms with van der Waals surface area (Å²) >= 11 is 6.87. The van der Waals surface area contributed by atoms with Crippen LogP contribution in [0.2, 0.25) is 0 Å². The molecule has 94 valence electrons. The fourth-order valence-corrected chi connectivity index (χ4v) is 2.70. The minimum atomic E-state index is -0.0831. The summed E-state index contributed by atoms with van der Waals surface area (Å²) in [5.74, 6) is 0. The van der Waals surface area contributed by atoms with Gasteiger partial charge in [-0.15, -0.1) is 0 Å². The molecule has 4 heteroatoms. The van der Waals surface area contributed by atoms with Crippen molar-refractivity contribution in [2.75, 3.05) is 6.61 Å². The van der Waals surface area contributed by atoms with Crippen LogP contribution in [0, 0.1) is 5.41 Å². The van der Waals surface area contributed by atoms with E-state index in [4.69, 9.17) is 0 Å². The SMILES string of the molecule is CC(C)(C)[C@@H](CO)N=Cc1cc(Br)cc(Br)c1. The van der Waals surface area contributed by atoms with Gasteiger partial charge in [-0.3, -0.25) is 4.99 Å². The van der Waals surface area contributed by atoms with Crippen LogP contribution in [0.4, 0.5) is 0 Å². The van der Waals surface area contributed by atoms with E-state index < -0.39 is 0 Å². The standard InChI is InChI=1S/C13H17Br2NO/c1-13(2,3)12(8-17)16-7-9-4-10(14)6-11(15)5-9/h4-7,12,17H,8H2,1-3H3/t12-/m1/s1. The molecule has 0 bridgehead atoms. The predicted octanol–water partition coefficient (Wildman–Crippen LogP) is 4.04. The van der Waals surface area contributed by atoms with Crippen molar-refractivity contribution in [2.45, 2.75) is 26.8 Å². The average molecular weight is 363 g/mol. The van der Waals surface area contributed by atoms with E-state index in [0.29, 0.717) is 0 Å². The maximum atomic E-state index is 9.32. The number of aliphatic hydroxyl groups is 1. The van der Waals surface area contributed by atoms with Crippen LogP contribution in [0.1, 0.15) is 26.3 Å². The maximum absolute atomic E-state index is 9.32. The van der Waals surface area contributed by atoms with Crippen LogP contribution in [-0.2, 0) is 0 Å². The molecule has 0 spiro atoms. The highest BCUT2D eigenvalue weighted by molar-refractivity contribution is 9.11. The van der Waals surface area contributed by atoms with Gasteiger partial charge in [0.25, 0.3) is 0 Å². The van der Waals surface area contributed by atoms with Crippen molar-refractivity contribution < 1.29 is 5.11 Å². The van der Waals surface area contributed by atoms with Crippen molar-refractivity contribution in [3.8, 4) is 0 Å². The summed E-state index contributed by atoms with van der Waals surface area (Å²) in [6.07, 6.45) is 1.81. The van der Waals surface area contributed by atoms with Gasteiger partial charge in [0, 0.05) is 15.2 Å². The summed E-state index contributed by atoms with van der Waals surface area (Å²) in [4.78, 5) is 4.45. The molecule has 0 aliphatic carbocycles. The van der Waals surface area contributed by atoms with Gasteiger partial charge in [0.2, 0.25) is 0 Å². The maximum Gasteiger partial charge on any atom is 0.0778 e. The molecule has 0 saturated carbocycles. The molecule has 2 nitrogen and oxygen atoms in total. The van der Waals surface area contributed by atoms with E-state index in [9.17, 15) is 5.11 Å². The molecule has 1 aromatic rings. The summed E-state index contributed by atoms with van der Waals surface area (Å²) in [5, 5.41) is 9.32. The number of benzene rings is 1. The molecular formula is C13H17Br2NO. The molecule has 0 aliphatic rings. The van der Waals surface area contributed by atoms with Crippen molar-refractivity contribution >= 4 is 38.1 Å². The molecule has 0 unspecified atom stereocenters. The Bertz CT molecular complexity index is 390. The lowest BCUT2D eigenvalue weighted by molar-refractivity contribution is 0.191. The number of halogens is 2. The van der Waals surface area contributed by atoms with E-state index in [1.807, 2.05) is 24.4 Å². The Kier molecular flexibility index (Phi) is 5.35. The number of aliphatic imine (C=N–C) groups is 1. The van der Waals surface area contributed by atoms with Gasteiger partial charge < -0.3 is 5.11 Å². The zero-order valence-corrected chi connectivity index (χ0v) is 13.4. The number of hydrogen-bond acceptors (Lipinski definition) is 2. The second kappa shape index (κ2) is 6.12. The number of nitrogens with zero attached hydrogens (tertiary/aromatic N) is 1. The number of aliphatic hydroxyl groups excluding tert-OH is 1. The van der Waals surface area contributed by atoms with Gasteiger partial charge in [0.05, 0.1) is 12.6 Å². The zero-order valence-electron chi connectivity index (χ0n) is 10.2. The predicted molar refractivity (Wildman–Crippen MR) is 79.8 cm³/mol. The quantitative estimate of drug-likeness (QED) is 0.808. The first-order chi connectivity index (χ1) is 7.82. The highest BCUT2D eigenvalue weighted by Crippen LogP contribution is 2.23. The van der Waals surface area contributed by atoms with Crippen LogP contribution >= 0.6 is 31.9 Å². The third-order valence-electron chi connectivity index (χ3n) is 2.46. The van der Waals surface area contributed by atoms with Crippen LogP contribution in [0.15, 0.2) is 32.1 Å². The van der Waals surface area contributed by atoms with Crippen LogP contribution < -0.4 is 0 Å². The van der Waals surface area contributed by atoms with Crippen LogP contribution in [0.25, 0.3) is 0 Å². The molecule has 0 saturated heterocycles. The Balaban J connectivity index is 2.89. The first-order valence-corrected chi connectivity index (χ1v) is 7.01. The number of rotatable bonds is 3. The topological polar surface area (TPSA) is 32.6 Å². The molecule has 1 aromatic carbocycles. The molecule has 0 aromatic heterocycles. The van der Waals surface area contributed by atoms with Crippen LogP contribution in [0.3, 0.4) is 0 Å². The van der Waals surface area contributed by atoms with Crippen LogP contribution in [-0.4, -0.2) is 24.0 Å². The summed E-state index contributed by atoms with van der Waals surface area (Å²) in [5.41, 5.74) is 0.975. The fraction of sp³-hybridized carbons (Fsp3) is 0.462. The van der Waals surface area contributed by atoms with E-state index in [1.165, 1.54) is 0 Å². The van der Waals surface area contributed by atoms with Gasteiger partial charge in [0.1, 0.15) is 0 Å². The van der Waals surface area contributed by atoms with E-state index in [0.717, 1.165) is 14.5 Å². The lowest BCUT2D eigenvalue weighted by atomic mass is 9.88. The molecular weight excluding hydrogens is 346 g/mol. The summed E-state index contributed by atoms with van der Waals surface area (Å²) in [6, 6.07) is 5.88. The van der Waals surface area contributed by atoms with Crippen molar-refractivity contribution in [1.82, 2.24) is 0 Å². The molecule has 0 amide bonds. The molecule has 0 aliphatic heterocycles. The van der Waals surface area contributed by atoms with Gasteiger partial charge in [-0.1, -0.05) is 52.6 Å². The van der Waals surface area contributed by atoms with Gasteiger partial charge in [0.15, 0.2) is 0 Å². The third kappa shape index (κ3) is 4.90. The van der Waals surface area contributed by atoms with Crippen molar-refractivity contribution in [3.05, 3.63) is 32.7 Å². The van der Waals surface area contributed by atoms with E-state index in [-0.39, 0.29) is 18.1 Å². The molecule has 1 atom stereocenters. The average Bonchev–Trinajstić information content (AvgIpc) is 2.14. The van der Waals surface area contributed by atoms with Crippen molar-refractivity contribution in [3.63, 3.8) is 0 Å². The van der Waals surface area contributed by atoms with Crippen molar-refractivity contribution in [1.29, 1.82) is 0 Å².